The second-order valence-electron chi connectivity index (χ2n) is 18.9. The summed E-state index contributed by atoms with van der Waals surface area (Å²) in [5, 5.41) is 0. The summed E-state index contributed by atoms with van der Waals surface area (Å²) in [4.78, 5) is 38.2. The predicted molar refractivity (Wildman–Crippen MR) is 315 cm³/mol. The van der Waals surface area contributed by atoms with Crippen molar-refractivity contribution in [2.24, 2.45) is 0 Å². The summed E-state index contributed by atoms with van der Waals surface area (Å²) in [6.45, 7) is 6.34. The van der Waals surface area contributed by atoms with Gasteiger partial charge in [-0.3, -0.25) is 14.4 Å². The molecule has 0 aliphatic carbocycles. The summed E-state index contributed by atoms with van der Waals surface area (Å²) in [6, 6.07) is 0. The first-order valence-electron chi connectivity index (χ1n) is 29.4. The van der Waals surface area contributed by atoms with Gasteiger partial charge in [-0.25, -0.2) is 0 Å². The van der Waals surface area contributed by atoms with Gasteiger partial charge in [0.25, 0.3) is 0 Å². The van der Waals surface area contributed by atoms with E-state index in [1.807, 2.05) is 48.6 Å². The van der Waals surface area contributed by atoms with Crippen LogP contribution in [0.15, 0.2) is 146 Å². The fourth-order valence-electron chi connectivity index (χ4n) is 7.55. The number of allylic oxidation sites excluding steroid dienone is 24. The Kier molecular flexibility index (Phi) is 56.0. The van der Waals surface area contributed by atoms with Crippen molar-refractivity contribution >= 4 is 17.9 Å². The van der Waals surface area contributed by atoms with E-state index in [-0.39, 0.29) is 44.0 Å². The highest BCUT2D eigenvalue weighted by Crippen LogP contribution is 2.14. The van der Waals surface area contributed by atoms with Gasteiger partial charge in [-0.1, -0.05) is 263 Å². The molecule has 0 heterocycles. The molecule has 0 rings (SSSR count). The molecule has 0 aromatic carbocycles. The van der Waals surface area contributed by atoms with Gasteiger partial charge in [0.1, 0.15) is 13.2 Å². The van der Waals surface area contributed by atoms with Crippen LogP contribution in [0.5, 0.6) is 0 Å². The van der Waals surface area contributed by atoms with Crippen molar-refractivity contribution < 1.29 is 28.6 Å². The van der Waals surface area contributed by atoms with Crippen LogP contribution in [0, 0.1) is 0 Å². The summed E-state index contributed by atoms with van der Waals surface area (Å²) < 4.78 is 16.8. The highest BCUT2D eigenvalue weighted by molar-refractivity contribution is 5.71. The third kappa shape index (κ3) is 58.1. The average molecular weight is 1010 g/mol. The van der Waals surface area contributed by atoms with E-state index in [1.165, 1.54) is 77.0 Å². The van der Waals surface area contributed by atoms with Crippen LogP contribution in [0.1, 0.15) is 239 Å². The smallest absolute Gasteiger partial charge is 0.306 e. The molecule has 0 radical (unpaired) electrons. The molecule has 0 spiro atoms. The van der Waals surface area contributed by atoms with Crippen molar-refractivity contribution in [1.82, 2.24) is 0 Å². The molecule has 73 heavy (non-hydrogen) atoms. The zero-order chi connectivity index (χ0) is 52.9. The topological polar surface area (TPSA) is 78.9 Å². The largest absolute Gasteiger partial charge is 0.462 e. The maximum Gasteiger partial charge on any atom is 0.306 e. The SMILES string of the molecule is CC/C=C\C/C=C\C/C=C\C/C=C\C/C=C\C/C=C\CCC(=O)OCC(COC(=O)CCCCCCC/C=C\CCCCCCCCCCC)OC(=O)CCCCCCC\C=C/C=C\C=C/C=C\C=C/CCC. The molecule has 0 aromatic rings. The molecule has 0 bridgehead atoms. The number of carbonyl (C=O) groups is 3. The van der Waals surface area contributed by atoms with Crippen LogP contribution in [0.2, 0.25) is 0 Å². The molecule has 0 N–H and O–H groups in total. The Morgan fingerprint density at radius 1 is 0.301 bits per heavy atom. The Balaban J connectivity index is 4.59. The molecular formula is C67H106O6. The first kappa shape index (κ1) is 68.3. The normalized spacial score (nSPS) is 13.2. The van der Waals surface area contributed by atoms with Crippen molar-refractivity contribution in [3.05, 3.63) is 146 Å². The van der Waals surface area contributed by atoms with Gasteiger partial charge in [0, 0.05) is 19.3 Å². The second kappa shape index (κ2) is 59.8. The van der Waals surface area contributed by atoms with Crippen molar-refractivity contribution in [3.63, 3.8) is 0 Å². The Labute approximate surface area is 448 Å². The second-order valence-corrected chi connectivity index (χ2v) is 18.9. The molecule has 0 aromatic heterocycles. The quantitative estimate of drug-likeness (QED) is 0.0199. The summed E-state index contributed by atoms with van der Waals surface area (Å²) in [6.07, 6.45) is 85.6. The lowest BCUT2D eigenvalue weighted by Gasteiger charge is -2.18. The minimum absolute atomic E-state index is 0.122. The van der Waals surface area contributed by atoms with Crippen LogP contribution in [0.3, 0.4) is 0 Å². The third-order valence-corrected chi connectivity index (χ3v) is 11.9. The van der Waals surface area contributed by atoms with Gasteiger partial charge in [0.05, 0.1) is 0 Å². The van der Waals surface area contributed by atoms with Crippen LogP contribution in [0.4, 0.5) is 0 Å². The summed E-state index contributed by atoms with van der Waals surface area (Å²) in [5.74, 6) is -1.05. The van der Waals surface area contributed by atoms with E-state index in [1.54, 1.807) is 0 Å². The highest BCUT2D eigenvalue weighted by atomic mass is 16.6. The molecule has 0 saturated carbocycles. The molecule has 0 fully saturated rings. The summed E-state index contributed by atoms with van der Waals surface area (Å²) in [5.41, 5.74) is 0. The maximum absolute atomic E-state index is 12.9. The first-order valence-corrected chi connectivity index (χ1v) is 29.4. The van der Waals surface area contributed by atoms with Gasteiger partial charge in [-0.15, -0.1) is 0 Å². The van der Waals surface area contributed by atoms with Gasteiger partial charge in [-0.05, 0) is 103 Å². The van der Waals surface area contributed by atoms with E-state index >= 15 is 0 Å². The minimum Gasteiger partial charge on any atom is -0.462 e. The van der Waals surface area contributed by atoms with Gasteiger partial charge in [0.2, 0.25) is 0 Å². The molecule has 6 nitrogen and oxygen atoms in total. The van der Waals surface area contributed by atoms with Crippen LogP contribution >= 0.6 is 0 Å². The van der Waals surface area contributed by atoms with Gasteiger partial charge in [0.15, 0.2) is 6.10 Å². The molecule has 0 saturated heterocycles. The van der Waals surface area contributed by atoms with Crippen molar-refractivity contribution in [2.75, 3.05) is 13.2 Å². The molecule has 1 atom stereocenters. The minimum atomic E-state index is -0.833. The fraction of sp³-hybridized carbons (Fsp3) is 0.597. The average Bonchev–Trinajstić information content (AvgIpc) is 3.39. The number of ether oxygens (including phenoxy) is 3. The number of rotatable bonds is 51. The molecule has 6 heteroatoms. The number of hydrogen-bond acceptors (Lipinski definition) is 6. The molecular weight excluding hydrogens is 901 g/mol. The highest BCUT2D eigenvalue weighted by Gasteiger charge is 2.19. The lowest BCUT2D eigenvalue weighted by atomic mass is 10.1. The Morgan fingerprint density at radius 3 is 1.10 bits per heavy atom. The van der Waals surface area contributed by atoms with Crippen molar-refractivity contribution in [3.8, 4) is 0 Å². The van der Waals surface area contributed by atoms with E-state index in [0.29, 0.717) is 12.8 Å². The van der Waals surface area contributed by atoms with Crippen molar-refractivity contribution in [1.29, 1.82) is 0 Å². The number of unbranched alkanes of at least 4 members (excludes halogenated alkanes) is 20. The van der Waals surface area contributed by atoms with Gasteiger partial charge in [-0.2, -0.15) is 0 Å². The zero-order valence-corrected chi connectivity index (χ0v) is 46.8. The van der Waals surface area contributed by atoms with Crippen LogP contribution in [-0.4, -0.2) is 37.2 Å². The third-order valence-electron chi connectivity index (χ3n) is 11.9. The molecule has 1 unspecified atom stereocenters. The van der Waals surface area contributed by atoms with E-state index in [4.69, 9.17) is 14.2 Å². The molecule has 0 aliphatic rings. The van der Waals surface area contributed by atoms with E-state index in [2.05, 4.69) is 118 Å². The lowest BCUT2D eigenvalue weighted by Crippen LogP contribution is -2.30. The number of carbonyl (C=O) groups excluding carboxylic acids is 3. The Morgan fingerprint density at radius 2 is 0.644 bits per heavy atom. The number of esters is 3. The van der Waals surface area contributed by atoms with Crippen LogP contribution in [-0.2, 0) is 28.6 Å². The predicted octanol–water partition coefficient (Wildman–Crippen LogP) is 20.0. The van der Waals surface area contributed by atoms with Crippen LogP contribution in [0.25, 0.3) is 0 Å². The first-order chi connectivity index (χ1) is 36.0. The lowest BCUT2D eigenvalue weighted by molar-refractivity contribution is -0.166. The van der Waals surface area contributed by atoms with Gasteiger partial charge >= 0.3 is 17.9 Å². The summed E-state index contributed by atoms with van der Waals surface area (Å²) >= 11 is 0. The van der Waals surface area contributed by atoms with E-state index in [0.717, 1.165) is 116 Å². The fourth-order valence-corrected chi connectivity index (χ4v) is 7.55. The Bertz CT molecular complexity index is 1630. The Hall–Kier alpha value is -4.71. The standard InChI is InChI=1S/C67H106O6/c1-4-7-10-13-16-19-22-25-28-31-34-37-39-42-45-48-51-54-57-60-66(69)72-63-64(73-67(70)61-58-55-52-49-46-43-40-36-33-30-27-24-21-18-15-12-9-6-3)62-71-65(68)59-56-53-50-47-44-41-38-35-32-29-26-23-20-17-14-11-8-5-2/h7,10,12,15-16,18-19,21,24-25,27-28,30,33-38,40,42,45,51,54,64H,4-6,8-9,11,13-14,17,20,22-23,26,29,31-32,39,41,43-44,46-50,52-53,55-63H2,1-3H3/b10-7-,15-12-,19-16-,21-18-,27-24-,28-25-,33-30-,37-34-,38-35-,40-36-,45-42-,54-51-. The van der Waals surface area contributed by atoms with Crippen molar-refractivity contribution in [2.45, 2.75) is 245 Å². The van der Waals surface area contributed by atoms with Gasteiger partial charge < -0.3 is 14.2 Å². The zero-order valence-electron chi connectivity index (χ0n) is 46.8. The molecule has 410 valence electrons. The monoisotopic (exact) mass is 1010 g/mol. The van der Waals surface area contributed by atoms with E-state index in [9.17, 15) is 14.4 Å². The number of hydrogen-bond donors (Lipinski definition) is 0. The molecule has 0 amide bonds. The summed E-state index contributed by atoms with van der Waals surface area (Å²) in [7, 11) is 0. The maximum atomic E-state index is 12.9. The molecule has 0 aliphatic heterocycles. The van der Waals surface area contributed by atoms with E-state index < -0.39 is 6.10 Å². The van der Waals surface area contributed by atoms with Crippen LogP contribution < -0.4 is 0 Å².